The molecule has 0 spiro atoms. The first-order valence-corrected chi connectivity index (χ1v) is 8.83. The van der Waals surface area contributed by atoms with Gasteiger partial charge in [-0.3, -0.25) is 0 Å². The summed E-state index contributed by atoms with van der Waals surface area (Å²) in [4.78, 5) is 14.1. The predicted molar refractivity (Wildman–Crippen MR) is 84.4 cm³/mol. The second-order valence-corrected chi connectivity index (χ2v) is 6.72. The molecule has 0 saturated heterocycles. The molecule has 6 nitrogen and oxygen atoms in total. The van der Waals surface area contributed by atoms with Crippen LogP contribution >= 0.6 is 0 Å². The first-order chi connectivity index (χ1) is 9.86. The van der Waals surface area contributed by atoms with Gasteiger partial charge < -0.3 is 15.5 Å². The van der Waals surface area contributed by atoms with Crippen LogP contribution in [-0.4, -0.2) is 51.8 Å². The first kappa shape index (κ1) is 17.5. The zero-order valence-corrected chi connectivity index (χ0v) is 13.5. The van der Waals surface area contributed by atoms with Crippen LogP contribution in [0.3, 0.4) is 0 Å². The minimum absolute atomic E-state index is 0.184. The molecule has 0 fully saturated rings. The van der Waals surface area contributed by atoms with Gasteiger partial charge in [0.15, 0.2) is 9.84 Å². The average molecular weight is 313 g/mol. The Balaban J connectivity index is 2.52. The highest BCUT2D eigenvalue weighted by Crippen LogP contribution is 2.14. The molecule has 0 radical (unpaired) electrons. The lowest BCUT2D eigenvalue weighted by Crippen LogP contribution is -2.36. The van der Waals surface area contributed by atoms with Crippen molar-refractivity contribution < 1.29 is 13.2 Å². The van der Waals surface area contributed by atoms with Crippen molar-refractivity contribution in [1.29, 1.82) is 0 Å². The Morgan fingerprint density at radius 2 is 1.90 bits per heavy atom. The molecule has 118 valence electrons. The van der Waals surface area contributed by atoms with Gasteiger partial charge >= 0.3 is 6.03 Å². The van der Waals surface area contributed by atoms with Gasteiger partial charge in [-0.25, -0.2) is 13.2 Å². The van der Waals surface area contributed by atoms with E-state index in [2.05, 4.69) is 29.4 Å². The van der Waals surface area contributed by atoms with Crippen LogP contribution in [0.1, 0.15) is 13.8 Å². The van der Waals surface area contributed by atoms with E-state index in [0.29, 0.717) is 12.2 Å². The molecule has 7 heteroatoms. The van der Waals surface area contributed by atoms with Crippen molar-refractivity contribution in [3.05, 3.63) is 24.3 Å². The van der Waals surface area contributed by atoms with Crippen LogP contribution < -0.4 is 10.6 Å². The molecule has 1 rings (SSSR count). The fourth-order valence-corrected chi connectivity index (χ4v) is 2.51. The van der Waals surface area contributed by atoms with E-state index in [9.17, 15) is 13.2 Å². The number of anilines is 1. The van der Waals surface area contributed by atoms with E-state index in [-0.39, 0.29) is 10.9 Å². The number of nitrogens with zero attached hydrogens (tertiary/aromatic N) is 1. The lowest BCUT2D eigenvalue weighted by Gasteiger charge is -2.18. The number of nitrogens with one attached hydrogen (secondary N) is 2. The largest absolute Gasteiger partial charge is 0.337 e. The third kappa shape index (κ3) is 6.14. The molecule has 0 bridgehead atoms. The zero-order valence-electron chi connectivity index (χ0n) is 12.7. The van der Waals surface area contributed by atoms with Gasteiger partial charge in [-0.2, -0.15) is 0 Å². The van der Waals surface area contributed by atoms with Crippen molar-refractivity contribution in [2.75, 3.05) is 37.8 Å². The van der Waals surface area contributed by atoms with Gasteiger partial charge in [0.1, 0.15) is 0 Å². The van der Waals surface area contributed by atoms with E-state index < -0.39 is 9.84 Å². The van der Waals surface area contributed by atoms with Crippen LogP contribution in [0.2, 0.25) is 0 Å². The normalized spacial score (nSPS) is 11.4. The number of likely N-dealkylation sites (N-methyl/N-ethyl adjacent to an activating group) is 1. The summed E-state index contributed by atoms with van der Waals surface area (Å²) in [6.07, 6.45) is 1.14. The Morgan fingerprint density at radius 1 is 1.24 bits per heavy atom. The smallest absolute Gasteiger partial charge is 0.319 e. The molecular weight excluding hydrogens is 290 g/mol. The number of benzene rings is 1. The summed E-state index contributed by atoms with van der Waals surface area (Å²) in [6.45, 7) is 7.34. The highest BCUT2D eigenvalue weighted by molar-refractivity contribution is 7.90. The van der Waals surface area contributed by atoms with E-state index >= 15 is 0 Å². The summed E-state index contributed by atoms with van der Waals surface area (Å²) in [5, 5.41) is 5.38. The summed E-state index contributed by atoms with van der Waals surface area (Å²) < 4.78 is 22.9. The molecule has 0 aliphatic heterocycles. The quantitative estimate of drug-likeness (QED) is 0.800. The van der Waals surface area contributed by atoms with Gasteiger partial charge in [-0.1, -0.05) is 19.9 Å². The van der Waals surface area contributed by atoms with Gasteiger partial charge in [-0.15, -0.1) is 0 Å². The number of urea groups is 1. The first-order valence-electron chi connectivity index (χ1n) is 6.94. The summed E-state index contributed by atoms with van der Waals surface area (Å²) in [7, 11) is -3.27. The van der Waals surface area contributed by atoms with E-state index in [1.54, 1.807) is 12.1 Å². The minimum atomic E-state index is -3.27. The zero-order chi connectivity index (χ0) is 15.9. The van der Waals surface area contributed by atoms with Crippen LogP contribution in [0.25, 0.3) is 0 Å². The summed E-state index contributed by atoms with van der Waals surface area (Å²) >= 11 is 0. The third-order valence-corrected chi connectivity index (χ3v) is 4.24. The molecule has 21 heavy (non-hydrogen) atoms. The number of hydrogen-bond acceptors (Lipinski definition) is 4. The predicted octanol–water partition coefficient (Wildman–Crippen LogP) is 1.55. The second kappa shape index (κ2) is 7.99. The third-order valence-electron chi connectivity index (χ3n) is 3.13. The minimum Gasteiger partial charge on any atom is -0.337 e. The second-order valence-electron chi connectivity index (χ2n) is 4.71. The van der Waals surface area contributed by atoms with Crippen molar-refractivity contribution in [1.82, 2.24) is 10.2 Å². The van der Waals surface area contributed by atoms with Gasteiger partial charge in [0, 0.05) is 25.0 Å². The lowest BCUT2D eigenvalue weighted by molar-refractivity contribution is 0.248. The molecule has 0 atom stereocenters. The number of sulfone groups is 1. The topological polar surface area (TPSA) is 78.5 Å². The SMILES string of the molecule is CCN(CC)CCNC(=O)Nc1cccc(S(C)(=O)=O)c1. The Hall–Kier alpha value is -1.60. The van der Waals surface area contributed by atoms with Crippen molar-refractivity contribution in [2.45, 2.75) is 18.7 Å². The van der Waals surface area contributed by atoms with Crippen LogP contribution in [0.5, 0.6) is 0 Å². The maximum Gasteiger partial charge on any atom is 0.319 e. The molecule has 2 amide bonds. The summed E-state index contributed by atoms with van der Waals surface area (Å²) in [6, 6.07) is 5.85. The van der Waals surface area contributed by atoms with Gasteiger partial charge in [0.2, 0.25) is 0 Å². The van der Waals surface area contributed by atoms with Gasteiger partial charge in [0.05, 0.1) is 4.90 Å². The molecule has 0 aliphatic rings. The van der Waals surface area contributed by atoms with Crippen molar-refractivity contribution >= 4 is 21.6 Å². The average Bonchev–Trinajstić information content (AvgIpc) is 2.43. The Morgan fingerprint density at radius 3 is 2.48 bits per heavy atom. The fraction of sp³-hybridized carbons (Fsp3) is 0.500. The van der Waals surface area contributed by atoms with Crippen LogP contribution in [-0.2, 0) is 9.84 Å². The molecule has 0 unspecified atom stereocenters. The van der Waals surface area contributed by atoms with Gasteiger partial charge in [0.25, 0.3) is 0 Å². The molecule has 0 heterocycles. The molecular formula is C14H23N3O3S. The Labute approximate surface area is 126 Å². The van der Waals surface area contributed by atoms with Crippen molar-refractivity contribution in [3.63, 3.8) is 0 Å². The van der Waals surface area contributed by atoms with E-state index in [1.165, 1.54) is 12.1 Å². The molecule has 0 saturated carbocycles. The van der Waals surface area contributed by atoms with Gasteiger partial charge in [-0.05, 0) is 31.3 Å². The van der Waals surface area contributed by atoms with Crippen LogP contribution in [0.4, 0.5) is 10.5 Å². The molecule has 0 aromatic heterocycles. The number of carbonyl (C=O) groups excluding carboxylic acids is 1. The van der Waals surface area contributed by atoms with Crippen LogP contribution in [0, 0.1) is 0 Å². The van der Waals surface area contributed by atoms with E-state index in [0.717, 1.165) is 25.9 Å². The highest BCUT2D eigenvalue weighted by Gasteiger charge is 2.09. The highest BCUT2D eigenvalue weighted by atomic mass is 32.2. The maximum absolute atomic E-state index is 11.7. The number of rotatable bonds is 7. The number of amides is 2. The standard InChI is InChI=1S/C14H23N3O3S/c1-4-17(5-2)10-9-15-14(18)16-12-7-6-8-13(11-12)21(3,19)20/h6-8,11H,4-5,9-10H2,1-3H3,(H2,15,16,18). The van der Waals surface area contributed by atoms with Crippen molar-refractivity contribution in [3.8, 4) is 0 Å². The van der Waals surface area contributed by atoms with E-state index in [1.807, 2.05) is 0 Å². The van der Waals surface area contributed by atoms with E-state index in [4.69, 9.17) is 0 Å². The fourth-order valence-electron chi connectivity index (χ4n) is 1.85. The molecule has 2 N–H and O–H groups in total. The Kier molecular flexibility index (Phi) is 6.64. The van der Waals surface area contributed by atoms with Crippen LogP contribution in [0.15, 0.2) is 29.2 Å². The maximum atomic E-state index is 11.7. The molecule has 1 aromatic carbocycles. The van der Waals surface area contributed by atoms with Crippen molar-refractivity contribution in [2.24, 2.45) is 0 Å². The molecule has 1 aromatic rings. The number of hydrogen-bond donors (Lipinski definition) is 2. The summed E-state index contributed by atoms with van der Waals surface area (Å²) in [5.74, 6) is 0. The monoisotopic (exact) mass is 313 g/mol. The lowest BCUT2D eigenvalue weighted by atomic mass is 10.3. The summed E-state index contributed by atoms with van der Waals surface area (Å²) in [5.41, 5.74) is 0.457. The molecule has 0 aliphatic carbocycles. The Bertz CT molecular complexity index is 569. The number of carbonyl (C=O) groups is 1.